The lowest BCUT2D eigenvalue weighted by atomic mass is 9.91. The molecule has 0 spiro atoms. The Balaban J connectivity index is 1.68. The van der Waals surface area contributed by atoms with Gasteiger partial charge in [-0.3, -0.25) is 4.79 Å². The van der Waals surface area contributed by atoms with E-state index in [0.717, 1.165) is 5.52 Å². The summed E-state index contributed by atoms with van der Waals surface area (Å²) in [4.78, 5) is 14.2. The van der Waals surface area contributed by atoms with E-state index in [9.17, 15) is 9.90 Å². The molecule has 3 N–H and O–H groups in total. The van der Waals surface area contributed by atoms with E-state index in [-0.39, 0.29) is 18.4 Å². The van der Waals surface area contributed by atoms with Gasteiger partial charge in [0.25, 0.3) is 5.91 Å². The van der Waals surface area contributed by atoms with E-state index in [1.54, 1.807) is 23.1 Å². The van der Waals surface area contributed by atoms with Crippen molar-refractivity contribution in [2.24, 2.45) is 5.92 Å². The van der Waals surface area contributed by atoms with E-state index in [2.05, 4.69) is 15.4 Å². The first kappa shape index (κ1) is 14.0. The van der Waals surface area contributed by atoms with Crippen LogP contribution in [-0.2, 0) is 0 Å². The highest BCUT2D eigenvalue weighted by molar-refractivity contribution is 5.97. The predicted octanol–water partition coefficient (Wildman–Crippen LogP) is 0.163. The van der Waals surface area contributed by atoms with Gasteiger partial charge in [-0.2, -0.15) is 15.4 Å². The minimum Gasteiger partial charge on any atom is -0.394 e. The number of hydrogen-bond donors (Lipinski definition) is 3. The summed E-state index contributed by atoms with van der Waals surface area (Å²) in [6.07, 6.45) is 0.730. The fraction of sp³-hybridized carbons (Fsp3) is 0.500. The summed E-state index contributed by atoms with van der Waals surface area (Å²) in [6, 6.07) is 5.26. The Morgan fingerprint density at radius 1 is 1.33 bits per heavy atom. The zero-order chi connectivity index (χ0) is 14.8. The number of carbonyl (C=O) groups is 1. The molecule has 1 aromatic heterocycles. The molecule has 1 unspecified atom stereocenters. The lowest BCUT2D eigenvalue weighted by Crippen LogP contribution is -2.42. The standard InChI is InChI=1S/C14H18N4O3/c19-8-13(20)9-3-5-18(6-4-9)14(21)10-1-2-11-12(7-10)16-17-15-11/h1-2,7,9,13,19-20H,3-6,8H2,(H,15,16,17). The Hall–Kier alpha value is -1.99. The number of aromatic nitrogens is 3. The second-order valence-corrected chi connectivity index (χ2v) is 5.41. The lowest BCUT2D eigenvalue weighted by molar-refractivity contribution is 0.0179. The van der Waals surface area contributed by atoms with Crippen LogP contribution in [0.4, 0.5) is 0 Å². The largest absolute Gasteiger partial charge is 0.394 e. The van der Waals surface area contributed by atoms with Crippen molar-refractivity contribution < 1.29 is 15.0 Å². The van der Waals surface area contributed by atoms with Crippen LogP contribution in [0.1, 0.15) is 23.2 Å². The van der Waals surface area contributed by atoms with Crippen LogP contribution < -0.4 is 0 Å². The van der Waals surface area contributed by atoms with E-state index in [1.807, 2.05) is 0 Å². The summed E-state index contributed by atoms with van der Waals surface area (Å²) in [5.74, 6) is 0.0360. The molecule has 7 heteroatoms. The lowest BCUT2D eigenvalue weighted by Gasteiger charge is -2.33. The van der Waals surface area contributed by atoms with Crippen molar-refractivity contribution in [1.29, 1.82) is 0 Å². The minimum absolute atomic E-state index is 0.0307. The molecule has 1 atom stereocenters. The van der Waals surface area contributed by atoms with Gasteiger partial charge in [-0.25, -0.2) is 0 Å². The summed E-state index contributed by atoms with van der Waals surface area (Å²) >= 11 is 0. The van der Waals surface area contributed by atoms with Gasteiger partial charge in [-0.05, 0) is 37.0 Å². The van der Waals surface area contributed by atoms with Crippen molar-refractivity contribution in [1.82, 2.24) is 20.3 Å². The van der Waals surface area contributed by atoms with E-state index in [0.29, 0.717) is 37.0 Å². The number of H-pyrrole nitrogens is 1. The molecule has 1 aromatic carbocycles. The van der Waals surface area contributed by atoms with Crippen molar-refractivity contribution in [2.75, 3.05) is 19.7 Å². The molecule has 1 amide bonds. The predicted molar refractivity (Wildman–Crippen MR) is 75.6 cm³/mol. The Morgan fingerprint density at radius 2 is 2.05 bits per heavy atom. The van der Waals surface area contributed by atoms with Crippen LogP contribution in [0.25, 0.3) is 11.0 Å². The second-order valence-electron chi connectivity index (χ2n) is 5.41. The highest BCUT2D eigenvalue weighted by Crippen LogP contribution is 2.22. The van der Waals surface area contributed by atoms with Crippen LogP contribution in [0.2, 0.25) is 0 Å². The first-order valence-corrected chi connectivity index (χ1v) is 7.08. The average molecular weight is 290 g/mol. The van der Waals surface area contributed by atoms with Gasteiger partial charge in [-0.1, -0.05) is 0 Å². The monoisotopic (exact) mass is 290 g/mol. The number of nitrogens with one attached hydrogen (secondary N) is 1. The zero-order valence-electron chi connectivity index (χ0n) is 11.6. The highest BCUT2D eigenvalue weighted by Gasteiger charge is 2.27. The number of hydrogen-bond acceptors (Lipinski definition) is 5. The summed E-state index contributed by atoms with van der Waals surface area (Å²) < 4.78 is 0. The molecule has 1 aliphatic heterocycles. The van der Waals surface area contributed by atoms with Crippen LogP contribution in [-0.4, -0.2) is 62.2 Å². The van der Waals surface area contributed by atoms with Gasteiger partial charge in [0, 0.05) is 18.7 Å². The third kappa shape index (κ3) is 2.74. The summed E-state index contributed by atoms with van der Waals surface area (Å²) in [6.45, 7) is 0.969. The molecule has 2 heterocycles. The first-order valence-electron chi connectivity index (χ1n) is 7.08. The topological polar surface area (TPSA) is 102 Å². The maximum Gasteiger partial charge on any atom is 0.253 e. The molecule has 1 aliphatic rings. The van der Waals surface area contributed by atoms with Crippen molar-refractivity contribution in [3.8, 4) is 0 Å². The van der Waals surface area contributed by atoms with Gasteiger partial charge < -0.3 is 15.1 Å². The molecular weight excluding hydrogens is 272 g/mol. The van der Waals surface area contributed by atoms with Crippen LogP contribution in [0.5, 0.6) is 0 Å². The minimum atomic E-state index is -0.686. The summed E-state index contributed by atoms with van der Waals surface area (Å²) in [7, 11) is 0. The molecule has 0 radical (unpaired) electrons. The maximum absolute atomic E-state index is 12.5. The maximum atomic E-state index is 12.5. The first-order chi connectivity index (χ1) is 10.2. The smallest absolute Gasteiger partial charge is 0.253 e. The summed E-state index contributed by atoms with van der Waals surface area (Å²) in [5, 5.41) is 29.1. The Morgan fingerprint density at radius 3 is 2.76 bits per heavy atom. The van der Waals surface area contributed by atoms with Gasteiger partial charge >= 0.3 is 0 Å². The van der Waals surface area contributed by atoms with Crippen LogP contribution in [0, 0.1) is 5.92 Å². The zero-order valence-corrected chi connectivity index (χ0v) is 11.6. The molecule has 21 heavy (non-hydrogen) atoms. The number of carbonyl (C=O) groups excluding carboxylic acids is 1. The number of fused-ring (bicyclic) bond motifs is 1. The number of amides is 1. The van der Waals surface area contributed by atoms with Crippen molar-refractivity contribution in [3.05, 3.63) is 23.8 Å². The molecule has 112 valence electrons. The Bertz CT molecular complexity index is 634. The van der Waals surface area contributed by atoms with E-state index in [4.69, 9.17) is 5.11 Å². The number of likely N-dealkylation sites (tertiary alicyclic amines) is 1. The number of aliphatic hydroxyl groups excluding tert-OH is 2. The molecule has 0 aliphatic carbocycles. The third-order valence-corrected chi connectivity index (χ3v) is 4.12. The van der Waals surface area contributed by atoms with Crippen molar-refractivity contribution in [2.45, 2.75) is 18.9 Å². The molecule has 0 bridgehead atoms. The molecular formula is C14H18N4O3. The molecule has 2 aromatic rings. The Labute approximate surface area is 121 Å². The van der Waals surface area contributed by atoms with E-state index < -0.39 is 6.10 Å². The highest BCUT2D eigenvalue weighted by atomic mass is 16.3. The van der Waals surface area contributed by atoms with Gasteiger partial charge in [0.2, 0.25) is 0 Å². The number of aliphatic hydroxyl groups is 2. The Kier molecular flexibility index (Phi) is 3.85. The molecule has 1 fully saturated rings. The SMILES string of the molecule is O=C(c1ccc2n[nH]nc2c1)N1CCC(C(O)CO)CC1. The molecule has 0 saturated carbocycles. The quantitative estimate of drug-likeness (QED) is 0.747. The van der Waals surface area contributed by atoms with Gasteiger partial charge in [-0.15, -0.1) is 0 Å². The molecule has 1 saturated heterocycles. The van der Waals surface area contributed by atoms with Crippen LogP contribution >= 0.6 is 0 Å². The third-order valence-electron chi connectivity index (χ3n) is 4.12. The molecule has 3 rings (SSSR count). The van der Waals surface area contributed by atoms with Crippen LogP contribution in [0.15, 0.2) is 18.2 Å². The van der Waals surface area contributed by atoms with Crippen LogP contribution in [0.3, 0.4) is 0 Å². The second kappa shape index (κ2) is 5.79. The average Bonchev–Trinajstić information content (AvgIpc) is 3.01. The van der Waals surface area contributed by atoms with Gasteiger partial charge in [0.15, 0.2) is 0 Å². The number of benzene rings is 1. The van der Waals surface area contributed by atoms with Gasteiger partial charge in [0.1, 0.15) is 11.0 Å². The summed E-state index contributed by atoms with van der Waals surface area (Å²) in [5.41, 5.74) is 2.00. The fourth-order valence-corrected chi connectivity index (χ4v) is 2.79. The number of rotatable bonds is 3. The van der Waals surface area contributed by atoms with Gasteiger partial charge in [0.05, 0.1) is 12.7 Å². The molecule has 7 nitrogen and oxygen atoms in total. The normalized spacial score (nSPS) is 18.1. The van der Waals surface area contributed by atoms with Crippen molar-refractivity contribution in [3.63, 3.8) is 0 Å². The van der Waals surface area contributed by atoms with E-state index >= 15 is 0 Å². The number of aromatic amines is 1. The van der Waals surface area contributed by atoms with Crippen molar-refractivity contribution >= 4 is 16.9 Å². The van der Waals surface area contributed by atoms with E-state index in [1.165, 1.54) is 0 Å². The fourth-order valence-electron chi connectivity index (χ4n) is 2.79. The number of piperidine rings is 1. The number of nitrogens with zero attached hydrogens (tertiary/aromatic N) is 3.